The third-order valence-electron chi connectivity index (χ3n) is 3.11. The summed E-state index contributed by atoms with van der Waals surface area (Å²) in [7, 11) is 1.72. The monoisotopic (exact) mass is 247 g/mol. The molecule has 2 aromatic rings. The van der Waals surface area contributed by atoms with Crippen molar-refractivity contribution in [3.05, 3.63) is 24.0 Å². The number of rotatable bonds is 4. The number of benzene rings is 1. The molecule has 1 aromatic carbocycles. The van der Waals surface area contributed by atoms with Crippen LogP contribution in [0.2, 0.25) is 0 Å². The molecule has 98 valence electrons. The molecule has 0 aliphatic carbocycles. The summed E-state index contributed by atoms with van der Waals surface area (Å²) in [5, 5.41) is 0. The Hall–Kier alpha value is -1.55. The number of aromatic nitrogens is 2. The fourth-order valence-electron chi connectivity index (χ4n) is 2.32. The molecule has 2 N–H and O–H groups in total. The summed E-state index contributed by atoms with van der Waals surface area (Å²) in [4.78, 5) is 4.70. The molecule has 0 aliphatic rings. The van der Waals surface area contributed by atoms with E-state index in [4.69, 9.17) is 15.5 Å². The third-order valence-corrected chi connectivity index (χ3v) is 3.11. The molecule has 0 saturated carbocycles. The smallest absolute Gasteiger partial charge is 0.112 e. The molecule has 0 fully saturated rings. The Bertz CT molecular complexity index is 545. The first-order valence-electron chi connectivity index (χ1n) is 6.31. The SMILES string of the molecule is COCC(C)n1c(C(C)C)nc2cc(N)ccc21. The highest BCUT2D eigenvalue weighted by atomic mass is 16.5. The van der Waals surface area contributed by atoms with E-state index >= 15 is 0 Å². The zero-order valence-corrected chi connectivity index (χ0v) is 11.5. The van der Waals surface area contributed by atoms with Gasteiger partial charge in [0.05, 0.1) is 23.7 Å². The lowest BCUT2D eigenvalue weighted by Gasteiger charge is -2.18. The average Bonchev–Trinajstić information content (AvgIpc) is 2.67. The zero-order chi connectivity index (χ0) is 13.3. The lowest BCUT2D eigenvalue weighted by molar-refractivity contribution is 0.162. The van der Waals surface area contributed by atoms with Crippen molar-refractivity contribution in [2.75, 3.05) is 19.5 Å². The van der Waals surface area contributed by atoms with Crippen LogP contribution in [0, 0.1) is 0 Å². The summed E-state index contributed by atoms with van der Waals surface area (Å²) in [6.07, 6.45) is 0. The molecule has 2 rings (SSSR count). The quantitative estimate of drug-likeness (QED) is 0.845. The molecule has 4 nitrogen and oxygen atoms in total. The normalized spacial score (nSPS) is 13.4. The van der Waals surface area contributed by atoms with E-state index in [2.05, 4.69) is 25.3 Å². The van der Waals surface area contributed by atoms with Crippen LogP contribution in [0.3, 0.4) is 0 Å². The second-order valence-electron chi connectivity index (χ2n) is 5.05. The van der Waals surface area contributed by atoms with Crippen LogP contribution in [-0.2, 0) is 4.74 Å². The number of ether oxygens (including phenoxy) is 1. The van der Waals surface area contributed by atoms with Gasteiger partial charge in [-0.05, 0) is 25.1 Å². The Labute approximate surface area is 108 Å². The van der Waals surface area contributed by atoms with Gasteiger partial charge < -0.3 is 15.0 Å². The molecule has 4 heteroatoms. The first kappa shape index (κ1) is 12.9. The maximum Gasteiger partial charge on any atom is 0.112 e. The maximum atomic E-state index is 5.82. The summed E-state index contributed by atoms with van der Waals surface area (Å²) >= 11 is 0. The number of methoxy groups -OCH3 is 1. The van der Waals surface area contributed by atoms with Crippen LogP contribution in [0.1, 0.15) is 38.6 Å². The Balaban J connectivity index is 2.62. The lowest BCUT2D eigenvalue weighted by atomic mass is 10.2. The van der Waals surface area contributed by atoms with Gasteiger partial charge in [-0.3, -0.25) is 0 Å². The molecule has 0 bridgehead atoms. The predicted octanol–water partition coefficient (Wildman–Crippen LogP) is 2.95. The molecule has 0 spiro atoms. The van der Waals surface area contributed by atoms with E-state index in [1.807, 2.05) is 18.2 Å². The van der Waals surface area contributed by atoms with Gasteiger partial charge in [0.15, 0.2) is 0 Å². The number of hydrogen-bond donors (Lipinski definition) is 1. The minimum absolute atomic E-state index is 0.265. The molecular weight excluding hydrogens is 226 g/mol. The van der Waals surface area contributed by atoms with E-state index < -0.39 is 0 Å². The number of hydrogen-bond acceptors (Lipinski definition) is 3. The molecule has 1 unspecified atom stereocenters. The van der Waals surface area contributed by atoms with Crippen molar-refractivity contribution in [3.63, 3.8) is 0 Å². The van der Waals surface area contributed by atoms with Crippen molar-refractivity contribution in [2.24, 2.45) is 0 Å². The molecule has 0 saturated heterocycles. The van der Waals surface area contributed by atoms with Crippen LogP contribution in [-0.4, -0.2) is 23.3 Å². The molecule has 0 radical (unpaired) electrons. The van der Waals surface area contributed by atoms with E-state index in [-0.39, 0.29) is 6.04 Å². The molecule has 1 heterocycles. The summed E-state index contributed by atoms with van der Waals surface area (Å²) in [6.45, 7) is 7.13. The van der Waals surface area contributed by atoms with Crippen molar-refractivity contribution < 1.29 is 4.74 Å². The van der Waals surface area contributed by atoms with Gasteiger partial charge in [-0.2, -0.15) is 0 Å². The second-order valence-corrected chi connectivity index (χ2v) is 5.05. The standard InChI is InChI=1S/C14H21N3O/c1-9(2)14-16-12-7-11(15)5-6-13(12)17(14)10(3)8-18-4/h5-7,9-10H,8,15H2,1-4H3. The van der Waals surface area contributed by atoms with Gasteiger partial charge in [-0.15, -0.1) is 0 Å². The molecule has 1 atom stereocenters. The third kappa shape index (κ3) is 2.20. The highest BCUT2D eigenvalue weighted by Gasteiger charge is 2.17. The van der Waals surface area contributed by atoms with Gasteiger partial charge in [-0.25, -0.2) is 4.98 Å². The minimum atomic E-state index is 0.265. The summed E-state index contributed by atoms with van der Waals surface area (Å²) in [5.74, 6) is 1.46. The second kappa shape index (κ2) is 4.98. The minimum Gasteiger partial charge on any atom is -0.399 e. The van der Waals surface area contributed by atoms with Crippen LogP contribution < -0.4 is 5.73 Å². The van der Waals surface area contributed by atoms with Crippen molar-refractivity contribution >= 4 is 16.7 Å². The van der Waals surface area contributed by atoms with Crippen LogP contribution in [0.25, 0.3) is 11.0 Å². The van der Waals surface area contributed by atoms with E-state index in [0.29, 0.717) is 12.5 Å². The molecule has 0 aliphatic heterocycles. The van der Waals surface area contributed by atoms with Gasteiger partial charge in [0, 0.05) is 18.7 Å². The number of fused-ring (bicyclic) bond motifs is 1. The van der Waals surface area contributed by atoms with Gasteiger partial charge in [0.2, 0.25) is 0 Å². The van der Waals surface area contributed by atoms with E-state index in [1.165, 1.54) is 0 Å². The number of nitrogens with two attached hydrogens (primary N) is 1. The summed E-state index contributed by atoms with van der Waals surface area (Å²) in [5.41, 5.74) is 8.65. The molecule has 0 amide bonds. The van der Waals surface area contributed by atoms with Crippen LogP contribution in [0.5, 0.6) is 0 Å². The Morgan fingerprint density at radius 1 is 1.33 bits per heavy atom. The Kier molecular flexibility index (Phi) is 3.57. The first-order valence-corrected chi connectivity index (χ1v) is 6.31. The van der Waals surface area contributed by atoms with Gasteiger partial charge in [-0.1, -0.05) is 13.8 Å². The largest absolute Gasteiger partial charge is 0.399 e. The van der Waals surface area contributed by atoms with E-state index in [9.17, 15) is 0 Å². The average molecular weight is 247 g/mol. The zero-order valence-electron chi connectivity index (χ0n) is 11.5. The Morgan fingerprint density at radius 2 is 2.06 bits per heavy atom. The fourth-order valence-corrected chi connectivity index (χ4v) is 2.32. The number of nitrogens with zero attached hydrogens (tertiary/aromatic N) is 2. The van der Waals surface area contributed by atoms with E-state index in [1.54, 1.807) is 7.11 Å². The molecule has 18 heavy (non-hydrogen) atoms. The van der Waals surface area contributed by atoms with Gasteiger partial charge in [0.1, 0.15) is 5.82 Å². The Morgan fingerprint density at radius 3 is 2.67 bits per heavy atom. The van der Waals surface area contributed by atoms with Crippen LogP contribution in [0.15, 0.2) is 18.2 Å². The van der Waals surface area contributed by atoms with Crippen molar-refractivity contribution in [2.45, 2.75) is 32.7 Å². The first-order chi connectivity index (χ1) is 8.54. The highest BCUT2D eigenvalue weighted by molar-refractivity contribution is 5.80. The van der Waals surface area contributed by atoms with Crippen LogP contribution in [0.4, 0.5) is 5.69 Å². The van der Waals surface area contributed by atoms with E-state index in [0.717, 1.165) is 22.5 Å². The maximum absolute atomic E-state index is 5.82. The lowest BCUT2D eigenvalue weighted by Crippen LogP contribution is -2.14. The summed E-state index contributed by atoms with van der Waals surface area (Å²) in [6, 6.07) is 6.15. The number of imidazole rings is 1. The van der Waals surface area contributed by atoms with Crippen molar-refractivity contribution in [1.82, 2.24) is 9.55 Å². The van der Waals surface area contributed by atoms with Crippen LogP contribution >= 0.6 is 0 Å². The van der Waals surface area contributed by atoms with Crippen molar-refractivity contribution in [1.29, 1.82) is 0 Å². The number of anilines is 1. The molecule has 1 aromatic heterocycles. The van der Waals surface area contributed by atoms with Gasteiger partial charge in [0.25, 0.3) is 0 Å². The van der Waals surface area contributed by atoms with Crippen molar-refractivity contribution in [3.8, 4) is 0 Å². The highest BCUT2D eigenvalue weighted by Crippen LogP contribution is 2.27. The fraction of sp³-hybridized carbons (Fsp3) is 0.500. The predicted molar refractivity (Wildman–Crippen MR) is 74.8 cm³/mol. The molecular formula is C14H21N3O. The number of nitrogen functional groups attached to an aromatic ring is 1. The summed E-state index contributed by atoms with van der Waals surface area (Å²) < 4.78 is 7.51. The topological polar surface area (TPSA) is 53.1 Å². The van der Waals surface area contributed by atoms with Gasteiger partial charge >= 0.3 is 0 Å².